The number of carbonyl (C=O) groups excluding carboxylic acids is 1. The molecule has 230 valence electrons. The summed E-state index contributed by atoms with van der Waals surface area (Å²) < 4.78 is 26.6. The van der Waals surface area contributed by atoms with Gasteiger partial charge in [0.05, 0.1) is 37.4 Å². The zero-order valence-electron chi connectivity index (χ0n) is 25.8. The first-order chi connectivity index (χ1) is 20.2. The van der Waals surface area contributed by atoms with E-state index in [1.54, 1.807) is 34.8 Å². The van der Waals surface area contributed by atoms with Gasteiger partial charge >= 0.3 is 11.7 Å². The highest BCUT2D eigenvalue weighted by Crippen LogP contribution is 2.38. The summed E-state index contributed by atoms with van der Waals surface area (Å²) in [4.78, 5) is 42.5. The maximum Gasteiger partial charge on any atom is 0.333 e. The summed E-state index contributed by atoms with van der Waals surface area (Å²) in [7, 11) is 1.58. The smallest absolute Gasteiger partial charge is 0.333 e. The van der Waals surface area contributed by atoms with Crippen LogP contribution >= 0.6 is 11.3 Å². The number of rotatable bonds is 8. The Hall–Kier alpha value is -3.46. The molecule has 0 amide bonds. The van der Waals surface area contributed by atoms with Gasteiger partial charge in [0.25, 0.3) is 5.56 Å². The van der Waals surface area contributed by atoms with Crippen LogP contribution in [0.5, 0.6) is 5.75 Å². The second-order valence-corrected chi connectivity index (χ2v) is 13.9. The normalized spacial score (nSPS) is 21.0. The third kappa shape index (κ3) is 5.88. The molecule has 2 aliphatic rings. The fourth-order valence-corrected chi connectivity index (χ4v) is 7.17. The van der Waals surface area contributed by atoms with Gasteiger partial charge in [-0.2, -0.15) is 5.26 Å². The molecule has 10 nitrogen and oxygen atoms in total. The molecule has 2 fully saturated rings. The van der Waals surface area contributed by atoms with E-state index < -0.39 is 34.5 Å². The molecular weight excluding hydrogens is 570 g/mol. The van der Waals surface area contributed by atoms with Crippen LogP contribution in [0.2, 0.25) is 0 Å². The zero-order valence-corrected chi connectivity index (χ0v) is 26.6. The topological polar surface area (TPSA) is 122 Å². The molecule has 4 heterocycles. The predicted octanol–water partition coefficient (Wildman–Crippen LogP) is 4.96. The number of benzene rings is 1. The van der Waals surface area contributed by atoms with Gasteiger partial charge in [-0.05, 0) is 78.9 Å². The summed E-state index contributed by atoms with van der Waals surface area (Å²) in [5.41, 5.74) is -2.58. The number of para-hydroxylation sites is 1. The van der Waals surface area contributed by atoms with Crippen LogP contribution in [0.1, 0.15) is 82.4 Å². The van der Waals surface area contributed by atoms with Gasteiger partial charge < -0.3 is 18.9 Å². The maximum atomic E-state index is 14.4. The SMILES string of the molecule is COc1ccccc1[C@H](Cn1c(=O)n(C(C)(C)C(=O)OC(C)(C)C)c(=O)c2c(C)c(C#N)sc21)OC1C[C@H]2CC[C@@H](C1)O2. The average molecular weight is 610 g/mol. The van der Waals surface area contributed by atoms with Gasteiger partial charge in [-0.3, -0.25) is 9.36 Å². The van der Waals surface area contributed by atoms with Crippen molar-refractivity contribution in [2.24, 2.45) is 0 Å². The molecule has 3 aromatic rings. The molecule has 2 saturated heterocycles. The van der Waals surface area contributed by atoms with Gasteiger partial charge in [0.2, 0.25) is 0 Å². The number of esters is 1. The number of nitriles is 1. The van der Waals surface area contributed by atoms with Crippen molar-refractivity contribution in [3.8, 4) is 11.8 Å². The lowest BCUT2D eigenvalue weighted by atomic mass is 10.0. The van der Waals surface area contributed by atoms with Gasteiger partial charge in [-0.25, -0.2) is 14.2 Å². The van der Waals surface area contributed by atoms with E-state index in [0.717, 1.165) is 47.2 Å². The van der Waals surface area contributed by atoms with Gasteiger partial charge in [-0.15, -0.1) is 11.3 Å². The highest BCUT2D eigenvalue weighted by molar-refractivity contribution is 7.19. The number of hydrogen-bond donors (Lipinski definition) is 0. The minimum Gasteiger partial charge on any atom is -0.496 e. The lowest BCUT2D eigenvalue weighted by molar-refractivity contribution is -0.164. The molecule has 11 heteroatoms. The van der Waals surface area contributed by atoms with Crippen molar-refractivity contribution in [3.63, 3.8) is 0 Å². The van der Waals surface area contributed by atoms with Crippen molar-refractivity contribution in [1.29, 1.82) is 5.26 Å². The quantitative estimate of drug-likeness (QED) is 0.329. The fraction of sp³-hybridized carbons (Fsp3) is 0.562. The van der Waals surface area contributed by atoms with E-state index in [-0.39, 0.29) is 30.2 Å². The second-order valence-electron chi connectivity index (χ2n) is 12.9. The summed E-state index contributed by atoms with van der Waals surface area (Å²) in [6.45, 7) is 9.89. The first kappa shape index (κ1) is 31.0. The van der Waals surface area contributed by atoms with Crippen LogP contribution in [-0.2, 0) is 31.1 Å². The standard InChI is InChI=1S/C32H39N3O7S/c1-18-25(16-33)43-28-26(18)27(36)35(32(5,6)29(37)42-31(2,3)4)30(38)34(28)17-24(22-10-8-9-11-23(22)39-7)41-21-14-19-12-13-20(15-21)40-19/h8-11,19-21,24H,12-15,17H2,1-7H3/t19-,20+,21?,24-/m0/s1. The van der Waals surface area contributed by atoms with Gasteiger partial charge in [0.1, 0.15) is 38.8 Å². The van der Waals surface area contributed by atoms with Crippen molar-refractivity contribution in [2.45, 2.75) is 109 Å². The summed E-state index contributed by atoms with van der Waals surface area (Å²) >= 11 is 1.09. The van der Waals surface area contributed by atoms with Crippen LogP contribution in [-0.4, -0.2) is 46.1 Å². The number of carbonyl (C=O) groups is 1. The number of aromatic nitrogens is 2. The van der Waals surface area contributed by atoms with Crippen molar-refractivity contribution < 1.29 is 23.7 Å². The molecule has 2 aromatic heterocycles. The van der Waals surface area contributed by atoms with Crippen LogP contribution in [0.25, 0.3) is 10.2 Å². The molecule has 4 atom stereocenters. The van der Waals surface area contributed by atoms with Crippen LogP contribution in [0.15, 0.2) is 33.9 Å². The van der Waals surface area contributed by atoms with Crippen molar-refractivity contribution >= 4 is 27.5 Å². The fourth-order valence-electron chi connectivity index (χ4n) is 6.07. The molecule has 5 rings (SSSR count). The second kappa shape index (κ2) is 11.6. The summed E-state index contributed by atoms with van der Waals surface area (Å²) in [6, 6.07) is 9.65. The third-order valence-electron chi connectivity index (χ3n) is 8.21. The number of aryl methyl sites for hydroxylation is 1. The van der Waals surface area contributed by atoms with E-state index >= 15 is 0 Å². The van der Waals surface area contributed by atoms with Gasteiger partial charge in [-0.1, -0.05) is 18.2 Å². The minimum atomic E-state index is -1.64. The number of hydrogen-bond acceptors (Lipinski definition) is 9. The Labute approximate surface area is 254 Å². The average Bonchev–Trinajstić information content (AvgIpc) is 3.46. The van der Waals surface area contributed by atoms with Crippen LogP contribution in [0, 0.1) is 18.3 Å². The van der Waals surface area contributed by atoms with E-state index in [2.05, 4.69) is 6.07 Å². The van der Waals surface area contributed by atoms with Gasteiger partial charge in [0.15, 0.2) is 0 Å². The lowest BCUT2D eigenvalue weighted by Gasteiger charge is -2.33. The van der Waals surface area contributed by atoms with Gasteiger partial charge in [0, 0.05) is 5.56 Å². The molecule has 2 bridgehead atoms. The van der Waals surface area contributed by atoms with E-state index in [0.29, 0.717) is 21.0 Å². The van der Waals surface area contributed by atoms with E-state index in [4.69, 9.17) is 18.9 Å². The summed E-state index contributed by atoms with van der Waals surface area (Å²) in [6.07, 6.45) is 3.04. The van der Waals surface area contributed by atoms with Crippen LogP contribution < -0.4 is 16.0 Å². The zero-order chi connectivity index (χ0) is 31.3. The minimum absolute atomic E-state index is 0.0257. The molecule has 0 N–H and O–H groups in total. The highest BCUT2D eigenvalue weighted by Gasteiger charge is 2.40. The largest absolute Gasteiger partial charge is 0.496 e. The monoisotopic (exact) mass is 609 g/mol. The molecule has 1 aromatic carbocycles. The number of ether oxygens (including phenoxy) is 4. The Morgan fingerprint density at radius 2 is 1.79 bits per heavy atom. The summed E-state index contributed by atoms with van der Waals surface area (Å²) in [5.74, 6) is -0.108. The Morgan fingerprint density at radius 3 is 2.40 bits per heavy atom. The Kier molecular flexibility index (Phi) is 8.33. The first-order valence-electron chi connectivity index (χ1n) is 14.6. The first-order valence-corrected chi connectivity index (χ1v) is 15.4. The molecule has 2 aliphatic heterocycles. The number of thiophene rings is 1. The van der Waals surface area contributed by atoms with Crippen LogP contribution in [0.4, 0.5) is 0 Å². The molecule has 0 radical (unpaired) electrons. The highest BCUT2D eigenvalue weighted by atomic mass is 32.1. The maximum absolute atomic E-state index is 14.4. The molecule has 0 saturated carbocycles. The third-order valence-corrected chi connectivity index (χ3v) is 9.43. The van der Waals surface area contributed by atoms with Crippen molar-refractivity contribution in [3.05, 3.63) is 61.1 Å². The number of methoxy groups -OCH3 is 1. The molecule has 0 aliphatic carbocycles. The molecule has 1 unspecified atom stereocenters. The Morgan fingerprint density at radius 1 is 1.14 bits per heavy atom. The molecule has 43 heavy (non-hydrogen) atoms. The van der Waals surface area contributed by atoms with E-state index in [9.17, 15) is 19.6 Å². The van der Waals surface area contributed by atoms with Crippen molar-refractivity contribution in [2.75, 3.05) is 7.11 Å². The van der Waals surface area contributed by atoms with Crippen molar-refractivity contribution in [1.82, 2.24) is 9.13 Å². The van der Waals surface area contributed by atoms with Crippen LogP contribution in [0.3, 0.4) is 0 Å². The Bertz CT molecular complexity index is 1690. The Balaban J connectivity index is 1.69. The van der Waals surface area contributed by atoms with E-state index in [1.807, 2.05) is 24.3 Å². The predicted molar refractivity (Wildman–Crippen MR) is 163 cm³/mol. The molecule has 0 spiro atoms. The molecular formula is C32H39N3O7S. The number of fused-ring (bicyclic) bond motifs is 3. The number of nitrogens with zero attached hydrogens (tertiary/aromatic N) is 3. The lowest BCUT2D eigenvalue weighted by Crippen LogP contribution is -2.54. The van der Waals surface area contributed by atoms with E-state index in [1.165, 1.54) is 18.4 Å². The summed E-state index contributed by atoms with van der Waals surface area (Å²) in [5, 5.41) is 10.1.